The molecule has 1 unspecified atom stereocenters. The van der Waals surface area contributed by atoms with Crippen molar-refractivity contribution in [1.29, 1.82) is 0 Å². The number of carbonyl (C=O) groups is 1. The number of aryl methyl sites for hydroxylation is 1. The molecule has 0 amide bonds. The van der Waals surface area contributed by atoms with Crippen LogP contribution in [-0.2, 0) is 0 Å². The molecule has 0 heterocycles. The summed E-state index contributed by atoms with van der Waals surface area (Å²) >= 11 is 0. The monoisotopic (exact) mass is 235 g/mol. The van der Waals surface area contributed by atoms with Gasteiger partial charge in [0.05, 0.1) is 18.7 Å². The van der Waals surface area contributed by atoms with Crippen LogP contribution in [0.4, 0.5) is 0 Å². The van der Waals surface area contributed by atoms with E-state index in [-0.39, 0.29) is 11.8 Å². The van der Waals surface area contributed by atoms with Crippen molar-refractivity contribution < 1.29 is 9.53 Å². The van der Waals surface area contributed by atoms with Crippen molar-refractivity contribution in [3.05, 3.63) is 29.3 Å². The summed E-state index contributed by atoms with van der Waals surface area (Å²) in [6.45, 7) is 6.78. The van der Waals surface area contributed by atoms with Crippen LogP contribution >= 0.6 is 0 Å². The molecule has 0 radical (unpaired) electrons. The van der Waals surface area contributed by atoms with E-state index in [9.17, 15) is 4.79 Å². The van der Waals surface area contributed by atoms with E-state index in [1.165, 1.54) is 0 Å². The average molecular weight is 235 g/mol. The van der Waals surface area contributed by atoms with Crippen LogP contribution in [0.2, 0.25) is 0 Å². The Morgan fingerprint density at radius 3 is 2.65 bits per heavy atom. The summed E-state index contributed by atoms with van der Waals surface area (Å²) in [5.74, 6) is 0.756. The molecule has 0 saturated heterocycles. The third kappa shape index (κ3) is 3.30. The van der Waals surface area contributed by atoms with Gasteiger partial charge in [-0.15, -0.1) is 0 Å². The second kappa shape index (κ2) is 6.40. The predicted molar refractivity (Wildman–Crippen MR) is 69.8 cm³/mol. The molecular formula is C14H21NO2. The molecule has 1 N–H and O–H groups in total. The summed E-state index contributed by atoms with van der Waals surface area (Å²) in [6.07, 6.45) is 0.782. The molecule has 0 bridgehead atoms. The molecule has 1 rings (SSSR count). The van der Waals surface area contributed by atoms with Gasteiger partial charge in [-0.25, -0.2) is 0 Å². The lowest BCUT2D eigenvalue weighted by Gasteiger charge is -2.16. The summed E-state index contributed by atoms with van der Waals surface area (Å²) in [7, 11) is 1.59. The zero-order chi connectivity index (χ0) is 12.8. The number of likely N-dealkylation sites (N-methyl/N-ethyl adjacent to an activating group) is 1. The number of hydrogen-bond acceptors (Lipinski definition) is 3. The van der Waals surface area contributed by atoms with Gasteiger partial charge in [0, 0.05) is 0 Å². The molecule has 0 spiro atoms. The van der Waals surface area contributed by atoms with Gasteiger partial charge in [-0.05, 0) is 32.0 Å². The highest BCUT2D eigenvalue weighted by atomic mass is 16.5. The van der Waals surface area contributed by atoms with E-state index in [4.69, 9.17) is 4.74 Å². The Morgan fingerprint density at radius 1 is 1.41 bits per heavy atom. The van der Waals surface area contributed by atoms with Crippen LogP contribution in [0.5, 0.6) is 5.75 Å². The Hall–Kier alpha value is -1.35. The predicted octanol–water partition coefficient (Wildman–Crippen LogP) is 2.57. The van der Waals surface area contributed by atoms with Crippen molar-refractivity contribution in [3.8, 4) is 5.75 Å². The lowest BCUT2D eigenvalue weighted by Crippen LogP contribution is -2.36. The number of ether oxygens (including phenoxy) is 1. The van der Waals surface area contributed by atoms with Crippen LogP contribution in [-0.4, -0.2) is 25.5 Å². The number of Topliss-reactive ketones (excluding diaryl/α,β-unsaturated/α-hetero) is 1. The first-order chi connectivity index (χ1) is 8.13. The maximum absolute atomic E-state index is 12.4. The molecule has 0 aromatic heterocycles. The van der Waals surface area contributed by atoms with Crippen molar-refractivity contribution in [2.24, 2.45) is 0 Å². The number of ketones is 1. The molecule has 3 nitrogen and oxygen atoms in total. The van der Waals surface area contributed by atoms with Gasteiger partial charge < -0.3 is 10.1 Å². The highest BCUT2D eigenvalue weighted by Gasteiger charge is 2.20. The highest BCUT2D eigenvalue weighted by Crippen LogP contribution is 2.21. The molecule has 0 saturated carbocycles. The maximum Gasteiger partial charge on any atom is 0.183 e. The summed E-state index contributed by atoms with van der Waals surface area (Å²) < 4.78 is 5.25. The molecular weight excluding hydrogens is 214 g/mol. The second-order valence-electron chi connectivity index (χ2n) is 4.09. The molecule has 0 aliphatic rings. The standard InChI is InChI=1S/C14H21NO2/c1-5-12(15-6-2)14(16)11-9-10(3)7-8-13(11)17-4/h7-9,12,15H,5-6H2,1-4H3. The van der Waals surface area contributed by atoms with Crippen molar-refractivity contribution in [1.82, 2.24) is 5.32 Å². The Bertz CT molecular complexity index is 388. The smallest absolute Gasteiger partial charge is 0.183 e. The lowest BCUT2D eigenvalue weighted by molar-refractivity contribution is 0.0938. The van der Waals surface area contributed by atoms with E-state index in [0.29, 0.717) is 11.3 Å². The summed E-state index contributed by atoms with van der Waals surface area (Å²) in [6, 6.07) is 5.56. The van der Waals surface area contributed by atoms with Crippen molar-refractivity contribution >= 4 is 5.78 Å². The van der Waals surface area contributed by atoms with Gasteiger partial charge in [0.2, 0.25) is 0 Å². The van der Waals surface area contributed by atoms with Crippen LogP contribution in [0.15, 0.2) is 18.2 Å². The molecule has 94 valence electrons. The fourth-order valence-corrected chi connectivity index (χ4v) is 1.87. The first kappa shape index (κ1) is 13.7. The van der Waals surface area contributed by atoms with Gasteiger partial charge in [0.25, 0.3) is 0 Å². The summed E-state index contributed by atoms with van der Waals surface area (Å²) in [5, 5.41) is 3.20. The number of rotatable bonds is 6. The SMILES string of the molecule is CCNC(CC)C(=O)c1cc(C)ccc1OC. The second-order valence-corrected chi connectivity index (χ2v) is 4.09. The van der Waals surface area contributed by atoms with Gasteiger partial charge >= 0.3 is 0 Å². The number of methoxy groups -OCH3 is 1. The Kier molecular flexibility index (Phi) is 5.16. The molecule has 0 aliphatic heterocycles. The number of nitrogens with one attached hydrogen (secondary N) is 1. The van der Waals surface area contributed by atoms with Crippen LogP contribution < -0.4 is 10.1 Å². The van der Waals surface area contributed by atoms with E-state index in [2.05, 4.69) is 5.32 Å². The van der Waals surface area contributed by atoms with Gasteiger partial charge in [-0.3, -0.25) is 4.79 Å². The quantitative estimate of drug-likeness (QED) is 0.770. The van der Waals surface area contributed by atoms with Crippen LogP contribution in [0.3, 0.4) is 0 Å². The molecule has 17 heavy (non-hydrogen) atoms. The Labute approximate surface area is 103 Å². The van der Waals surface area contributed by atoms with Crippen LogP contribution in [0, 0.1) is 6.92 Å². The van der Waals surface area contributed by atoms with E-state index < -0.39 is 0 Å². The minimum atomic E-state index is -0.129. The summed E-state index contributed by atoms with van der Waals surface area (Å²) in [4.78, 5) is 12.4. The van der Waals surface area contributed by atoms with E-state index in [0.717, 1.165) is 18.5 Å². The minimum absolute atomic E-state index is 0.106. The molecule has 1 aromatic rings. The van der Waals surface area contributed by atoms with E-state index >= 15 is 0 Å². The normalized spacial score (nSPS) is 12.2. The van der Waals surface area contributed by atoms with Crippen LogP contribution in [0.25, 0.3) is 0 Å². The first-order valence-corrected chi connectivity index (χ1v) is 6.06. The highest BCUT2D eigenvalue weighted by molar-refractivity contribution is 6.02. The largest absolute Gasteiger partial charge is 0.496 e. The van der Waals surface area contributed by atoms with E-state index in [1.54, 1.807) is 7.11 Å². The van der Waals surface area contributed by atoms with Crippen molar-refractivity contribution in [2.45, 2.75) is 33.2 Å². The van der Waals surface area contributed by atoms with Gasteiger partial charge in [0.1, 0.15) is 5.75 Å². The number of benzene rings is 1. The number of hydrogen-bond donors (Lipinski definition) is 1. The lowest BCUT2D eigenvalue weighted by atomic mass is 9.99. The van der Waals surface area contributed by atoms with Crippen molar-refractivity contribution in [3.63, 3.8) is 0 Å². The number of carbonyl (C=O) groups excluding carboxylic acids is 1. The van der Waals surface area contributed by atoms with Gasteiger partial charge in [-0.2, -0.15) is 0 Å². The van der Waals surface area contributed by atoms with Gasteiger partial charge in [0.15, 0.2) is 5.78 Å². The molecule has 3 heteroatoms. The van der Waals surface area contributed by atoms with Crippen molar-refractivity contribution in [2.75, 3.05) is 13.7 Å². The minimum Gasteiger partial charge on any atom is -0.496 e. The molecule has 1 aromatic carbocycles. The molecule has 1 atom stereocenters. The zero-order valence-electron chi connectivity index (χ0n) is 11.0. The van der Waals surface area contributed by atoms with Gasteiger partial charge in [-0.1, -0.05) is 25.5 Å². The topological polar surface area (TPSA) is 38.3 Å². The maximum atomic E-state index is 12.4. The van der Waals surface area contributed by atoms with Crippen LogP contribution in [0.1, 0.15) is 36.2 Å². The zero-order valence-corrected chi connectivity index (χ0v) is 11.0. The van der Waals surface area contributed by atoms with E-state index in [1.807, 2.05) is 39.0 Å². The summed E-state index contributed by atoms with van der Waals surface area (Å²) in [5.41, 5.74) is 1.74. The Balaban J connectivity index is 3.04. The average Bonchev–Trinajstić information content (AvgIpc) is 2.35. The third-order valence-electron chi connectivity index (χ3n) is 2.80. The Morgan fingerprint density at radius 2 is 2.12 bits per heavy atom. The fraction of sp³-hybridized carbons (Fsp3) is 0.500. The first-order valence-electron chi connectivity index (χ1n) is 6.06. The molecule has 0 aliphatic carbocycles. The molecule has 0 fully saturated rings. The third-order valence-corrected chi connectivity index (χ3v) is 2.80. The fourth-order valence-electron chi connectivity index (χ4n) is 1.87.